The van der Waals surface area contributed by atoms with E-state index in [2.05, 4.69) is 4.99 Å². The number of nitrogens with zero attached hydrogens (tertiary/aromatic N) is 2. The highest BCUT2D eigenvalue weighted by molar-refractivity contribution is 6.32. The summed E-state index contributed by atoms with van der Waals surface area (Å²) in [5.41, 5.74) is 1.98. The van der Waals surface area contributed by atoms with Gasteiger partial charge in [-0.3, -0.25) is 9.69 Å². The predicted molar refractivity (Wildman–Crippen MR) is 102 cm³/mol. The molecule has 1 aliphatic heterocycles. The van der Waals surface area contributed by atoms with E-state index in [0.717, 1.165) is 11.1 Å². The maximum absolute atomic E-state index is 13.0. The Bertz CT molecular complexity index is 992. The molecule has 26 heavy (non-hydrogen) atoms. The number of aliphatic imine (C=N–C) groups is 1. The van der Waals surface area contributed by atoms with Crippen LogP contribution in [0.5, 0.6) is 0 Å². The molecule has 1 amide bonds. The number of amides is 1. The predicted octanol–water partition coefficient (Wildman–Crippen LogP) is 4.76. The normalized spacial score (nSPS) is 15.6. The summed E-state index contributed by atoms with van der Waals surface area (Å²) in [7, 11) is 0. The number of hydrogen-bond acceptors (Lipinski definition) is 3. The molecule has 0 saturated heterocycles. The van der Waals surface area contributed by atoms with Gasteiger partial charge in [0.1, 0.15) is 17.3 Å². The van der Waals surface area contributed by atoms with Crippen molar-refractivity contribution in [1.29, 1.82) is 0 Å². The molecule has 0 radical (unpaired) electrons. The molecule has 1 aliphatic rings. The van der Waals surface area contributed by atoms with Crippen LogP contribution in [0.25, 0.3) is 6.08 Å². The van der Waals surface area contributed by atoms with Gasteiger partial charge in [0.05, 0.1) is 12.8 Å². The van der Waals surface area contributed by atoms with Crippen LogP contribution in [-0.2, 0) is 11.3 Å². The summed E-state index contributed by atoms with van der Waals surface area (Å²) >= 11 is 6.22. The van der Waals surface area contributed by atoms with E-state index in [0.29, 0.717) is 28.9 Å². The fraction of sp³-hybridized carbons (Fsp3) is 0.0476. The zero-order chi connectivity index (χ0) is 17.9. The van der Waals surface area contributed by atoms with Gasteiger partial charge in [0.15, 0.2) is 0 Å². The monoisotopic (exact) mass is 362 g/mol. The fourth-order valence-electron chi connectivity index (χ4n) is 2.80. The minimum absolute atomic E-state index is 0.180. The van der Waals surface area contributed by atoms with Gasteiger partial charge in [0.2, 0.25) is 0 Å². The number of rotatable bonds is 4. The molecule has 0 spiro atoms. The third-order valence-corrected chi connectivity index (χ3v) is 4.41. The maximum Gasteiger partial charge on any atom is 0.278 e. The number of furan rings is 1. The average molecular weight is 363 g/mol. The molecule has 2 aromatic carbocycles. The van der Waals surface area contributed by atoms with E-state index >= 15 is 0 Å². The van der Waals surface area contributed by atoms with Crippen molar-refractivity contribution < 1.29 is 9.21 Å². The number of carbonyl (C=O) groups excluding carboxylic acids is 1. The van der Waals surface area contributed by atoms with Crippen LogP contribution in [0.2, 0.25) is 5.02 Å². The van der Waals surface area contributed by atoms with Gasteiger partial charge in [-0.1, -0.05) is 60.1 Å². The van der Waals surface area contributed by atoms with Crippen molar-refractivity contribution in [3.63, 3.8) is 0 Å². The van der Waals surface area contributed by atoms with Crippen LogP contribution in [0.4, 0.5) is 0 Å². The highest BCUT2D eigenvalue weighted by Gasteiger charge is 2.31. The van der Waals surface area contributed by atoms with Gasteiger partial charge in [0.25, 0.3) is 5.91 Å². The lowest BCUT2D eigenvalue weighted by Gasteiger charge is -2.17. The van der Waals surface area contributed by atoms with Gasteiger partial charge in [-0.05, 0) is 29.8 Å². The molecule has 0 N–H and O–H groups in total. The van der Waals surface area contributed by atoms with Crippen molar-refractivity contribution >= 4 is 29.4 Å². The Balaban J connectivity index is 1.76. The number of benzene rings is 2. The van der Waals surface area contributed by atoms with Crippen LogP contribution < -0.4 is 0 Å². The molecule has 4 nitrogen and oxygen atoms in total. The summed E-state index contributed by atoms with van der Waals surface area (Å²) in [6.45, 7) is 0.319. The largest absolute Gasteiger partial charge is 0.467 e. The lowest BCUT2D eigenvalue weighted by molar-refractivity contribution is -0.123. The molecular weight excluding hydrogens is 348 g/mol. The van der Waals surface area contributed by atoms with Gasteiger partial charge >= 0.3 is 0 Å². The molecule has 0 unspecified atom stereocenters. The Morgan fingerprint density at radius 2 is 1.77 bits per heavy atom. The summed E-state index contributed by atoms with van der Waals surface area (Å²) in [4.78, 5) is 19.2. The van der Waals surface area contributed by atoms with Gasteiger partial charge in [0, 0.05) is 10.6 Å². The molecule has 0 bridgehead atoms. The molecule has 0 aliphatic carbocycles. The van der Waals surface area contributed by atoms with Crippen molar-refractivity contribution in [2.75, 3.05) is 0 Å². The maximum atomic E-state index is 13.0. The van der Waals surface area contributed by atoms with Gasteiger partial charge in [-0.25, -0.2) is 4.99 Å². The summed E-state index contributed by atoms with van der Waals surface area (Å²) in [5.74, 6) is 1.12. The molecule has 1 aromatic heterocycles. The molecule has 0 atom stereocenters. The molecule has 4 rings (SSSR count). The summed E-state index contributed by atoms with van der Waals surface area (Å²) in [5, 5.41) is 0.578. The lowest BCUT2D eigenvalue weighted by Crippen LogP contribution is -2.32. The van der Waals surface area contributed by atoms with Gasteiger partial charge in [-0.2, -0.15) is 0 Å². The smallest absolute Gasteiger partial charge is 0.278 e. The molecule has 128 valence electrons. The summed E-state index contributed by atoms with van der Waals surface area (Å²) in [6, 6.07) is 20.6. The van der Waals surface area contributed by atoms with Crippen molar-refractivity contribution in [3.8, 4) is 0 Å². The number of amidine groups is 1. The zero-order valence-corrected chi connectivity index (χ0v) is 14.6. The Hall–Kier alpha value is -3.11. The zero-order valence-electron chi connectivity index (χ0n) is 13.8. The summed E-state index contributed by atoms with van der Waals surface area (Å²) < 4.78 is 5.41. The molecule has 0 fully saturated rings. The molecule has 3 aromatic rings. The highest BCUT2D eigenvalue weighted by Crippen LogP contribution is 2.26. The van der Waals surface area contributed by atoms with Crippen molar-refractivity contribution in [3.05, 3.63) is 101 Å². The first kappa shape index (κ1) is 16.4. The average Bonchev–Trinajstić information content (AvgIpc) is 3.28. The second-order valence-corrected chi connectivity index (χ2v) is 6.23. The minimum atomic E-state index is -0.180. The first-order chi connectivity index (χ1) is 12.7. The number of halogens is 1. The van der Waals surface area contributed by atoms with Crippen molar-refractivity contribution in [2.45, 2.75) is 6.54 Å². The molecule has 2 heterocycles. The molecular formula is C21H15ClN2O2. The van der Waals surface area contributed by atoms with Crippen molar-refractivity contribution in [1.82, 2.24) is 4.90 Å². The fourth-order valence-corrected chi connectivity index (χ4v) is 2.99. The Morgan fingerprint density at radius 1 is 1.00 bits per heavy atom. The minimum Gasteiger partial charge on any atom is -0.467 e. The Labute approximate surface area is 156 Å². The Kier molecular flexibility index (Phi) is 4.42. The van der Waals surface area contributed by atoms with E-state index < -0.39 is 0 Å². The standard InChI is InChI=1S/C21H15ClN2O2/c22-18-11-5-4-9-16(18)13-19-21(25)24(14-17-10-6-12-26-17)20(23-19)15-7-2-1-3-8-15/h1-13H,14H2/b19-13-. The van der Waals surface area contributed by atoms with E-state index in [-0.39, 0.29) is 5.91 Å². The third kappa shape index (κ3) is 3.19. The first-order valence-electron chi connectivity index (χ1n) is 8.17. The van der Waals surface area contributed by atoms with Crippen LogP contribution in [-0.4, -0.2) is 16.6 Å². The van der Waals surface area contributed by atoms with Crippen LogP contribution >= 0.6 is 11.6 Å². The van der Waals surface area contributed by atoms with E-state index in [1.54, 1.807) is 29.4 Å². The van der Waals surface area contributed by atoms with Gasteiger partial charge < -0.3 is 4.42 Å². The molecule has 0 saturated carbocycles. The van der Waals surface area contributed by atoms with Crippen molar-refractivity contribution in [2.24, 2.45) is 4.99 Å². The topological polar surface area (TPSA) is 45.8 Å². The van der Waals surface area contributed by atoms with Crippen LogP contribution in [0.15, 0.2) is 88.1 Å². The first-order valence-corrected chi connectivity index (χ1v) is 8.55. The lowest BCUT2D eigenvalue weighted by atomic mass is 10.2. The second kappa shape index (κ2) is 7.02. The quantitative estimate of drug-likeness (QED) is 0.628. The summed E-state index contributed by atoms with van der Waals surface area (Å²) in [6.07, 6.45) is 3.31. The number of hydrogen-bond donors (Lipinski definition) is 0. The van der Waals surface area contributed by atoms with E-state index in [1.807, 2.05) is 54.6 Å². The molecule has 5 heteroatoms. The van der Waals surface area contributed by atoms with E-state index in [4.69, 9.17) is 16.0 Å². The van der Waals surface area contributed by atoms with E-state index in [1.165, 1.54) is 0 Å². The van der Waals surface area contributed by atoms with Gasteiger partial charge in [-0.15, -0.1) is 0 Å². The van der Waals surface area contributed by atoms with Crippen LogP contribution in [0.3, 0.4) is 0 Å². The second-order valence-electron chi connectivity index (χ2n) is 5.82. The van der Waals surface area contributed by atoms with Crippen LogP contribution in [0, 0.1) is 0 Å². The Morgan fingerprint density at radius 3 is 2.50 bits per heavy atom. The van der Waals surface area contributed by atoms with E-state index in [9.17, 15) is 4.79 Å². The third-order valence-electron chi connectivity index (χ3n) is 4.07. The highest BCUT2D eigenvalue weighted by atomic mass is 35.5. The van der Waals surface area contributed by atoms with Crippen LogP contribution in [0.1, 0.15) is 16.9 Å². The number of carbonyl (C=O) groups is 1. The SMILES string of the molecule is O=C1/C(=C/c2ccccc2Cl)N=C(c2ccccc2)N1Cc1ccco1.